The van der Waals surface area contributed by atoms with Crippen LogP contribution in [0.15, 0.2) is 30.5 Å². The second-order valence-corrected chi connectivity index (χ2v) is 7.20. The largest absolute Gasteiger partial charge is 0.368 e. The molecule has 1 aliphatic heterocycles. The van der Waals surface area contributed by atoms with E-state index in [4.69, 9.17) is 10.8 Å². The summed E-state index contributed by atoms with van der Waals surface area (Å²) in [5.41, 5.74) is 10.0. The highest BCUT2D eigenvalue weighted by atomic mass is 15.3. The molecule has 0 radical (unpaired) electrons. The third-order valence-corrected chi connectivity index (χ3v) is 5.11. The van der Waals surface area contributed by atoms with Gasteiger partial charge in [0.05, 0.1) is 12.7 Å². The lowest BCUT2D eigenvalue weighted by molar-refractivity contribution is 0.694. The summed E-state index contributed by atoms with van der Waals surface area (Å²) >= 11 is 0. The van der Waals surface area contributed by atoms with Gasteiger partial charge in [0.1, 0.15) is 5.52 Å². The van der Waals surface area contributed by atoms with Gasteiger partial charge in [0.15, 0.2) is 11.3 Å². The number of nitrogens with two attached hydrogens (primary N) is 1. The van der Waals surface area contributed by atoms with Crippen LogP contribution in [0.25, 0.3) is 11.0 Å². The Morgan fingerprint density at radius 2 is 2.11 bits per heavy atom. The number of nitrogen functional groups attached to an aromatic ring is 1. The summed E-state index contributed by atoms with van der Waals surface area (Å²) < 4.78 is 1.91. The standard InChI is InChI=1S/C20H27N7/c1-2-3-9-23-19-18-17(24-20(21)25-19)13-27(26-18)12-14-4-6-15(7-5-14)16-8-10-22-11-16/h4-7,13,16,22H,2-3,8-12H2,1H3,(H3,21,23,24,25)/t16-/m1/s1. The van der Waals surface area contributed by atoms with Gasteiger partial charge < -0.3 is 16.4 Å². The van der Waals surface area contributed by atoms with E-state index in [1.165, 1.54) is 17.5 Å². The summed E-state index contributed by atoms with van der Waals surface area (Å²) in [6, 6.07) is 8.87. The molecule has 142 valence electrons. The summed E-state index contributed by atoms with van der Waals surface area (Å²) in [5, 5.41) is 11.4. The Morgan fingerprint density at radius 3 is 2.85 bits per heavy atom. The van der Waals surface area contributed by atoms with Crippen LogP contribution in [-0.4, -0.2) is 39.4 Å². The van der Waals surface area contributed by atoms with E-state index >= 15 is 0 Å². The van der Waals surface area contributed by atoms with Gasteiger partial charge in [-0.2, -0.15) is 10.1 Å². The van der Waals surface area contributed by atoms with E-state index in [-0.39, 0.29) is 5.95 Å². The van der Waals surface area contributed by atoms with Crippen molar-refractivity contribution in [1.29, 1.82) is 0 Å². The molecule has 4 N–H and O–H groups in total. The molecule has 1 fully saturated rings. The fourth-order valence-corrected chi connectivity index (χ4v) is 3.59. The molecule has 4 rings (SSSR count). The van der Waals surface area contributed by atoms with Crippen molar-refractivity contribution in [3.8, 4) is 0 Å². The topological polar surface area (TPSA) is 93.7 Å². The van der Waals surface area contributed by atoms with E-state index in [9.17, 15) is 0 Å². The van der Waals surface area contributed by atoms with Gasteiger partial charge in [0, 0.05) is 13.1 Å². The van der Waals surface area contributed by atoms with E-state index in [0.717, 1.165) is 43.5 Å². The number of anilines is 2. The summed E-state index contributed by atoms with van der Waals surface area (Å²) in [4.78, 5) is 8.65. The zero-order valence-corrected chi connectivity index (χ0v) is 15.8. The smallest absolute Gasteiger partial charge is 0.222 e. The van der Waals surface area contributed by atoms with Crippen molar-refractivity contribution in [2.45, 2.75) is 38.6 Å². The highest BCUT2D eigenvalue weighted by Crippen LogP contribution is 2.23. The van der Waals surface area contributed by atoms with Crippen LogP contribution in [0.5, 0.6) is 0 Å². The minimum Gasteiger partial charge on any atom is -0.368 e. The average molecular weight is 365 g/mol. The molecular formula is C20H27N7. The number of hydrogen-bond acceptors (Lipinski definition) is 6. The highest BCUT2D eigenvalue weighted by molar-refractivity contribution is 5.85. The normalized spacial score (nSPS) is 16.9. The molecule has 0 saturated carbocycles. The lowest BCUT2D eigenvalue weighted by atomic mass is 9.97. The Morgan fingerprint density at radius 1 is 1.26 bits per heavy atom. The molecule has 7 heteroatoms. The molecule has 3 heterocycles. The van der Waals surface area contributed by atoms with Gasteiger partial charge in [0.2, 0.25) is 5.95 Å². The highest BCUT2D eigenvalue weighted by Gasteiger charge is 2.16. The van der Waals surface area contributed by atoms with Gasteiger partial charge in [0.25, 0.3) is 0 Å². The average Bonchev–Trinajstić information content (AvgIpc) is 3.32. The van der Waals surface area contributed by atoms with Crippen LogP contribution in [-0.2, 0) is 6.54 Å². The predicted octanol–water partition coefficient (Wildman–Crippen LogP) is 2.75. The van der Waals surface area contributed by atoms with E-state index in [2.05, 4.69) is 51.8 Å². The maximum Gasteiger partial charge on any atom is 0.222 e. The van der Waals surface area contributed by atoms with Gasteiger partial charge in [-0.25, -0.2) is 4.98 Å². The zero-order chi connectivity index (χ0) is 18.6. The maximum absolute atomic E-state index is 5.86. The van der Waals surface area contributed by atoms with Crippen molar-refractivity contribution < 1.29 is 0 Å². The number of aromatic nitrogens is 4. The van der Waals surface area contributed by atoms with Crippen molar-refractivity contribution in [2.75, 3.05) is 30.7 Å². The van der Waals surface area contributed by atoms with Crippen LogP contribution in [0.1, 0.15) is 43.2 Å². The number of unbranched alkanes of at least 4 members (excludes halogenated alkanes) is 1. The molecule has 0 amide bonds. The molecule has 0 bridgehead atoms. The molecule has 0 aliphatic carbocycles. The number of benzene rings is 1. The second kappa shape index (κ2) is 7.92. The van der Waals surface area contributed by atoms with Crippen LogP contribution in [0.2, 0.25) is 0 Å². The van der Waals surface area contributed by atoms with Crippen LogP contribution in [0.4, 0.5) is 11.8 Å². The first-order chi connectivity index (χ1) is 13.2. The molecular weight excluding hydrogens is 338 g/mol. The molecule has 27 heavy (non-hydrogen) atoms. The Hall–Kier alpha value is -2.67. The third-order valence-electron chi connectivity index (χ3n) is 5.11. The Balaban J connectivity index is 1.52. The van der Waals surface area contributed by atoms with Gasteiger partial charge in [-0.3, -0.25) is 4.68 Å². The van der Waals surface area contributed by atoms with Gasteiger partial charge in [-0.15, -0.1) is 0 Å². The van der Waals surface area contributed by atoms with Crippen molar-refractivity contribution in [2.24, 2.45) is 0 Å². The van der Waals surface area contributed by atoms with Crippen molar-refractivity contribution in [3.63, 3.8) is 0 Å². The Bertz CT molecular complexity index is 895. The predicted molar refractivity (Wildman–Crippen MR) is 109 cm³/mol. The van der Waals surface area contributed by atoms with E-state index < -0.39 is 0 Å². The molecule has 1 aliphatic rings. The summed E-state index contributed by atoms with van der Waals surface area (Å²) in [6.07, 6.45) is 5.36. The number of nitrogens with zero attached hydrogens (tertiary/aromatic N) is 4. The van der Waals surface area contributed by atoms with Crippen molar-refractivity contribution >= 4 is 22.8 Å². The van der Waals surface area contributed by atoms with Crippen molar-refractivity contribution in [3.05, 3.63) is 41.6 Å². The quantitative estimate of drug-likeness (QED) is 0.558. The summed E-state index contributed by atoms with van der Waals surface area (Å²) in [6.45, 7) is 5.91. The van der Waals surface area contributed by atoms with Gasteiger partial charge in [-0.1, -0.05) is 37.6 Å². The van der Waals surface area contributed by atoms with E-state index in [1.807, 2.05) is 10.9 Å². The third kappa shape index (κ3) is 4.03. The summed E-state index contributed by atoms with van der Waals surface area (Å²) in [5.74, 6) is 1.63. The monoisotopic (exact) mass is 365 g/mol. The fourth-order valence-electron chi connectivity index (χ4n) is 3.59. The van der Waals surface area contributed by atoms with Crippen LogP contribution in [0.3, 0.4) is 0 Å². The first kappa shape index (κ1) is 17.7. The Labute approximate surface area is 159 Å². The molecule has 0 unspecified atom stereocenters. The van der Waals surface area contributed by atoms with Crippen LogP contribution in [0, 0.1) is 0 Å². The first-order valence-electron chi connectivity index (χ1n) is 9.77. The van der Waals surface area contributed by atoms with Crippen LogP contribution >= 0.6 is 0 Å². The number of hydrogen-bond donors (Lipinski definition) is 3. The van der Waals surface area contributed by atoms with Gasteiger partial charge >= 0.3 is 0 Å². The molecule has 1 aromatic carbocycles. The lowest BCUT2D eigenvalue weighted by Crippen LogP contribution is -2.08. The molecule has 3 aromatic rings. The second-order valence-electron chi connectivity index (χ2n) is 7.20. The number of rotatable bonds is 7. The minimum atomic E-state index is 0.274. The summed E-state index contributed by atoms with van der Waals surface area (Å²) in [7, 11) is 0. The maximum atomic E-state index is 5.86. The Kier molecular flexibility index (Phi) is 5.20. The van der Waals surface area contributed by atoms with Crippen molar-refractivity contribution in [1.82, 2.24) is 25.1 Å². The van der Waals surface area contributed by atoms with Crippen LogP contribution < -0.4 is 16.4 Å². The molecule has 2 aromatic heterocycles. The first-order valence-corrected chi connectivity index (χ1v) is 9.77. The molecule has 0 spiro atoms. The number of fused-ring (bicyclic) bond motifs is 1. The van der Waals surface area contributed by atoms with Gasteiger partial charge in [-0.05, 0) is 36.4 Å². The van der Waals surface area contributed by atoms with E-state index in [1.54, 1.807) is 0 Å². The molecule has 7 nitrogen and oxygen atoms in total. The fraction of sp³-hybridized carbons (Fsp3) is 0.450. The minimum absolute atomic E-state index is 0.274. The van der Waals surface area contributed by atoms with E-state index in [0.29, 0.717) is 18.3 Å². The SMILES string of the molecule is CCCCNc1nc(N)nc2cn(Cc3ccc([C@@H]4CCNC4)cc3)nc12. The number of nitrogens with one attached hydrogen (secondary N) is 2. The zero-order valence-electron chi connectivity index (χ0n) is 15.8. The molecule has 1 atom stereocenters. The molecule has 1 saturated heterocycles. The lowest BCUT2D eigenvalue weighted by Gasteiger charge is -2.09.